The number of halogens is 1. The number of carbonyl (C=O) groups is 3. The minimum atomic E-state index is -2.56. The van der Waals surface area contributed by atoms with Crippen LogP contribution in [0.1, 0.15) is 54.0 Å². The largest absolute Gasteiger partial charge is 0.497 e. The lowest BCUT2D eigenvalue weighted by atomic mass is 9.82. The summed E-state index contributed by atoms with van der Waals surface area (Å²) < 4.78 is 13.7. The summed E-state index contributed by atoms with van der Waals surface area (Å²) in [5.41, 5.74) is 5.48. The van der Waals surface area contributed by atoms with Crippen molar-refractivity contribution in [2.45, 2.75) is 82.1 Å². The number of nitrogens with zero attached hydrogens (tertiary/aromatic N) is 4. The van der Waals surface area contributed by atoms with Gasteiger partial charge in [-0.1, -0.05) is 120 Å². The van der Waals surface area contributed by atoms with E-state index in [1.165, 1.54) is 10.2 Å². The zero-order valence-electron chi connectivity index (χ0n) is 35.5. The minimum Gasteiger partial charge on any atom is -0.497 e. The topological polar surface area (TPSA) is 112 Å². The molecule has 1 spiro atoms. The van der Waals surface area contributed by atoms with Crippen molar-refractivity contribution in [1.82, 2.24) is 4.90 Å². The van der Waals surface area contributed by atoms with Gasteiger partial charge in [-0.15, -0.1) is 0 Å². The Balaban J connectivity index is 1.08. The van der Waals surface area contributed by atoms with E-state index in [4.69, 9.17) is 14.6 Å². The fourth-order valence-electron chi connectivity index (χ4n) is 10.5. The number of amides is 3. The van der Waals surface area contributed by atoms with Gasteiger partial charge in [0.2, 0.25) is 11.8 Å². The lowest BCUT2D eigenvalue weighted by molar-refractivity contribution is -0.151. The van der Waals surface area contributed by atoms with Crippen LogP contribution in [0.15, 0.2) is 131 Å². The maximum absolute atomic E-state index is 15.6. The number of hydrazone groups is 1. The molecule has 0 radical (unpaired) electrons. The van der Waals surface area contributed by atoms with Gasteiger partial charge in [0.25, 0.3) is 5.91 Å². The number of methoxy groups -OCH3 is 1. The van der Waals surface area contributed by atoms with Crippen molar-refractivity contribution in [3.63, 3.8) is 0 Å². The summed E-state index contributed by atoms with van der Waals surface area (Å²) in [5, 5.41) is 18.0. The van der Waals surface area contributed by atoms with Crippen molar-refractivity contribution in [3.8, 4) is 5.75 Å². The summed E-state index contributed by atoms with van der Waals surface area (Å²) in [4.78, 5) is 47.2. The highest BCUT2D eigenvalue weighted by atomic mass is 79.9. The second kappa shape index (κ2) is 16.7. The standard InChI is InChI=1S/C50H51BrN4O6Si/c1-32-48(62(3,4)41-20-18-40(60-2)19-21-41)45(28-47(58)53-30-36-15-9-8-14-35(36)26-39(53)31-56)61-50(32)42-27-37(51)17-23-44(42)54(49(50)59)29-33-11-10-16-38(25-33)55-46(57)24-22-43(52-55)34-12-6-5-7-13-34/h5-21,23,25,27,32,39,45,48,56H,22,24,26,28-31H2,1-4H3/t32-,39+,45+,48-,50+/m1/s1. The Hall–Kier alpha value is -5.40. The molecule has 62 heavy (non-hydrogen) atoms. The molecule has 1 fully saturated rings. The molecule has 0 bridgehead atoms. The number of hydrogen-bond donors (Lipinski definition) is 1. The summed E-state index contributed by atoms with van der Waals surface area (Å²) in [6, 6.07) is 39.4. The molecular formula is C50H51BrN4O6Si. The van der Waals surface area contributed by atoms with Crippen LogP contribution in [0.25, 0.3) is 0 Å². The Bertz CT molecular complexity index is 2570. The SMILES string of the molecule is COc1ccc([Si](C)(C)[C@H]2[C@H](CC(=O)N3Cc4ccccc4C[C@H]3CO)O[C@@]3(C(=O)N(Cc4cccc(N5N=C(c6ccccc6)CCC5=O)c4)c4ccc(Br)cc43)[C@@H]2C)cc1. The second-order valence-corrected chi connectivity index (χ2v) is 23.1. The molecular weight excluding hydrogens is 861 g/mol. The predicted octanol–water partition coefficient (Wildman–Crippen LogP) is 8.09. The van der Waals surface area contributed by atoms with Crippen LogP contribution in [-0.4, -0.2) is 67.4 Å². The molecule has 0 aliphatic carbocycles. The highest BCUT2D eigenvalue weighted by molar-refractivity contribution is 9.10. The first-order valence-electron chi connectivity index (χ1n) is 21.4. The van der Waals surface area contributed by atoms with E-state index in [0.29, 0.717) is 31.5 Å². The monoisotopic (exact) mass is 910 g/mol. The molecule has 10 nitrogen and oxygen atoms in total. The van der Waals surface area contributed by atoms with Crippen molar-refractivity contribution < 1.29 is 29.0 Å². The third kappa shape index (κ3) is 7.30. The smallest absolute Gasteiger partial charge is 0.264 e. The normalized spacial score (nSPS) is 23.4. The summed E-state index contributed by atoms with van der Waals surface area (Å²) in [6.07, 6.45) is 0.944. The highest BCUT2D eigenvalue weighted by Gasteiger charge is 2.66. The molecule has 1 saturated heterocycles. The van der Waals surface area contributed by atoms with Crippen LogP contribution in [0.3, 0.4) is 0 Å². The number of rotatable bonds is 10. The van der Waals surface area contributed by atoms with Gasteiger partial charge in [-0.3, -0.25) is 14.4 Å². The number of anilines is 2. The van der Waals surface area contributed by atoms with Gasteiger partial charge in [-0.25, -0.2) is 5.01 Å². The average Bonchev–Trinajstić information content (AvgIpc) is 3.71. The van der Waals surface area contributed by atoms with E-state index in [1.807, 2.05) is 103 Å². The van der Waals surface area contributed by atoms with Crippen LogP contribution in [0.4, 0.5) is 11.4 Å². The Labute approximate surface area is 372 Å². The van der Waals surface area contributed by atoms with Crippen molar-refractivity contribution in [1.29, 1.82) is 0 Å². The van der Waals surface area contributed by atoms with E-state index < -0.39 is 19.8 Å². The molecule has 0 aromatic heterocycles. The number of fused-ring (bicyclic) bond motifs is 3. The number of hydrogen-bond acceptors (Lipinski definition) is 7. The first-order chi connectivity index (χ1) is 29.9. The van der Waals surface area contributed by atoms with Gasteiger partial charge < -0.3 is 24.4 Å². The molecule has 5 aromatic carbocycles. The molecule has 4 aliphatic heterocycles. The van der Waals surface area contributed by atoms with Gasteiger partial charge in [-0.2, -0.15) is 5.10 Å². The average molecular weight is 912 g/mol. The van der Waals surface area contributed by atoms with E-state index in [-0.39, 0.29) is 54.8 Å². The van der Waals surface area contributed by atoms with E-state index >= 15 is 4.79 Å². The van der Waals surface area contributed by atoms with Crippen molar-refractivity contribution in [3.05, 3.63) is 154 Å². The molecule has 5 aromatic rings. The molecule has 0 unspecified atom stereocenters. The number of benzene rings is 5. The Morgan fingerprint density at radius 2 is 1.66 bits per heavy atom. The van der Waals surface area contributed by atoms with Crippen LogP contribution in [-0.2, 0) is 44.2 Å². The van der Waals surface area contributed by atoms with Gasteiger partial charge in [0, 0.05) is 35.3 Å². The van der Waals surface area contributed by atoms with Crippen LogP contribution < -0.4 is 19.8 Å². The number of aliphatic hydroxyl groups excluding tert-OH is 1. The molecule has 4 aliphatic rings. The molecule has 0 saturated carbocycles. The Morgan fingerprint density at radius 1 is 0.919 bits per heavy atom. The zero-order chi connectivity index (χ0) is 43.3. The molecule has 4 heterocycles. The van der Waals surface area contributed by atoms with Gasteiger partial charge in [-0.05, 0) is 76.7 Å². The van der Waals surface area contributed by atoms with E-state index in [2.05, 4.69) is 54.1 Å². The summed E-state index contributed by atoms with van der Waals surface area (Å²) >= 11 is 3.72. The summed E-state index contributed by atoms with van der Waals surface area (Å²) in [5.74, 6) is 0.0670. The van der Waals surface area contributed by atoms with Crippen LogP contribution in [0, 0.1) is 5.92 Å². The van der Waals surface area contributed by atoms with Gasteiger partial charge in [0.1, 0.15) is 5.75 Å². The maximum atomic E-state index is 15.6. The first-order valence-corrected chi connectivity index (χ1v) is 25.3. The van der Waals surface area contributed by atoms with Crippen molar-refractivity contribution in [2.75, 3.05) is 23.6 Å². The Morgan fingerprint density at radius 3 is 2.40 bits per heavy atom. The highest BCUT2D eigenvalue weighted by Crippen LogP contribution is 2.60. The van der Waals surface area contributed by atoms with E-state index in [9.17, 15) is 14.7 Å². The lowest BCUT2D eigenvalue weighted by Crippen LogP contribution is -2.52. The summed E-state index contributed by atoms with van der Waals surface area (Å²) in [7, 11) is -0.905. The first kappa shape index (κ1) is 41.9. The third-order valence-electron chi connectivity index (χ3n) is 13.7. The predicted molar refractivity (Wildman–Crippen MR) is 247 cm³/mol. The van der Waals surface area contributed by atoms with Crippen LogP contribution >= 0.6 is 15.9 Å². The number of ether oxygens (including phenoxy) is 2. The number of aliphatic hydroxyl groups is 1. The third-order valence-corrected chi connectivity index (χ3v) is 18.5. The molecule has 1 N–H and O–H groups in total. The zero-order valence-corrected chi connectivity index (χ0v) is 38.0. The lowest BCUT2D eigenvalue weighted by Gasteiger charge is -2.39. The molecule has 12 heteroatoms. The Kier molecular flexibility index (Phi) is 11.3. The molecule has 3 amide bonds. The van der Waals surface area contributed by atoms with Gasteiger partial charge >= 0.3 is 0 Å². The number of carbonyl (C=O) groups excluding carboxylic acids is 3. The minimum absolute atomic E-state index is 0.0655. The van der Waals surface area contributed by atoms with Crippen LogP contribution in [0.2, 0.25) is 18.6 Å². The van der Waals surface area contributed by atoms with Crippen molar-refractivity contribution >= 4 is 64.0 Å². The van der Waals surface area contributed by atoms with E-state index in [1.54, 1.807) is 16.9 Å². The fourth-order valence-corrected chi connectivity index (χ4v) is 14.9. The van der Waals surface area contributed by atoms with E-state index in [0.717, 1.165) is 49.4 Å². The van der Waals surface area contributed by atoms with Crippen molar-refractivity contribution in [2.24, 2.45) is 11.0 Å². The molecule has 9 rings (SSSR count). The fraction of sp³-hybridized carbons (Fsp3) is 0.320. The van der Waals surface area contributed by atoms with Gasteiger partial charge in [0.05, 0.1) is 64.0 Å². The summed E-state index contributed by atoms with van der Waals surface area (Å²) in [6.45, 7) is 7.22. The van der Waals surface area contributed by atoms with Gasteiger partial charge in [0.15, 0.2) is 5.60 Å². The molecule has 318 valence electrons. The maximum Gasteiger partial charge on any atom is 0.264 e. The quantitative estimate of drug-likeness (QED) is 0.142. The second-order valence-electron chi connectivity index (χ2n) is 17.5. The molecule has 5 atom stereocenters. The van der Waals surface area contributed by atoms with Crippen LogP contribution in [0.5, 0.6) is 5.75 Å².